The second kappa shape index (κ2) is 8.35. The number of hydrogen-bond donors (Lipinski definition) is 2. The van der Waals surface area contributed by atoms with Crippen molar-refractivity contribution in [3.8, 4) is 0 Å². The van der Waals surface area contributed by atoms with Gasteiger partial charge in [0.2, 0.25) is 0 Å². The lowest BCUT2D eigenvalue weighted by Gasteiger charge is -2.38. The number of rotatable bonds is 6. The Kier molecular flexibility index (Phi) is 5.91. The van der Waals surface area contributed by atoms with Crippen LogP contribution in [0.15, 0.2) is 52.2 Å². The first-order valence-electron chi connectivity index (χ1n) is 9.09. The van der Waals surface area contributed by atoms with Crippen LogP contribution >= 0.6 is 12.2 Å². The zero-order valence-electron chi connectivity index (χ0n) is 15.8. The fourth-order valence-electron chi connectivity index (χ4n) is 3.17. The van der Waals surface area contributed by atoms with Gasteiger partial charge in [0.15, 0.2) is 10.9 Å². The molecular weight excluding hydrogens is 360 g/mol. The van der Waals surface area contributed by atoms with E-state index in [4.69, 9.17) is 16.7 Å². The van der Waals surface area contributed by atoms with Gasteiger partial charge in [-0.15, -0.1) is 0 Å². The van der Waals surface area contributed by atoms with Crippen LogP contribution in [0.2, 0.25) is 0 Å². The van der Waals surface area contributed by atoms with E-state index in [2.05, 4.69) is 22.7 Å². The molecule has 6 nitrogen and oxygen atoms in total. The Labute approximate surface area is 164 Å². The van der Waals surface area contributed by atoms with Gasteiger partial charge in [0, 0.05) is 18.3 Å². The van der Waals surface area contributed by atoms with Crippen molar-refractivity contribution < 1.29 is 9.32 Å². The number of amides is 1. The number of hydrogen-bond acceptors (Lipinski definition) is 4. The van der Waals surface area contributed by atoms with E-state index < -0.39 is 0 Å². The first-order valence-corrected chi connectivity index (χ1v) is 9.50. The van der Waals surface area contributed by atoms with E-state index in [1.54, 1.807) is 13.0 Å². The predicted molar refractivity (Wildman–Crippen MR) is 109 cm³/mol. The standard InChI is InChI=1S/C20H24N4O2S/c1-4-5-11-24-14(3)17(19(25)21-16-12-13(2)26-23-16)18(22-20(24)27)15-9-7-6-8-10-15/h6-10,12,18H,4-5,11H2,1-3H3,(H,22,27)(H,21,23,25)/t18-/m1/s1. The molecule has 0 saturated carbocycles. The highest BCUT2D eigenvalue weighted by molar-refractivity contribution is 7.80. The molecule has 1 aliphatic rings. The van der Waals surface area contributed by atoms with E-state index in [0.29, 0.717) is 22.3 Å². The molecule has 1 aromatic carbocycles. The molecule has 142 valence electrons. The average molecular weight is 385 g/mol. The molecule has 1 amide bonds. The van der Waals surface area contributed by atoms with Crippen molar-refractivity contribution in [3.63, 3.8) is 0 Å². The van der Waals surface area contributed by atoms with Gasteiger partial charge in [-0.2, -0.15) is 0 Å². The van der Waals surface area contributed by atoms with E-state index in [9.17, 15) is 4.79 Å². The summed E-state index contributed by atoms with van der Waals surface area (Å²) in [6, 6.07) is 11.2. The van der Waals surface area contributed by atoms with Crippen molar-refractivity contribution >= 4 is 29.1 Å². The summed E-state index contributed by atoms with van der Waals surface area (Å²) in [6.45, 7) is 6.64. The van der Waals surface area contributed by atoms with Crippen LogP contribution in [-0.4, -0.2) is 27.6 Å². The monoisotopic (exact) mass is 384 g/mol. The number of aromatic nitrogens is 1. The number of unbranched alkanes of at least 4 members (excludes halogenated alkanes) is 1. The zero-order valence-corrected chi connectivity index (χ0v) is 16.6. The number of thiocarbonyl (C=S) groups is 1. The molecule has 1 atom stereocenters. The minimum atomic E-state index is -0.315. The van der Waals surface area contributed by atoms with E-state index in [0.717, 1.165) is 30.6 Å². The quantitative estimate of drug-likeness (QED) is 0.736. The average Bonchev–Trinajstić information content (AvgIpc) is 3.06. The number of benzene rings is 1. The number of nitrogens with one attached hydrogen (secondary N) is 2. The number of carbonyl (C=O) groups excluding carboxylic acids is 1. The molecule has 3 rings (SSSR count). The molecule has 0 spiro atoms. The Hall–Kier alpha value is -2.67. The van der Waals surface area contributed by atoms with E-state index >= 15 is 0 Å². The van der Waals surface area contributed by atoms with Crippen LogP contribution in [0.1, 0.15) is 44.1 Å². The molecule has 0 saturated heterocycles. The maximum Gasteiger partial charge on any atom is 0.257 e. The highest BCUT2D eigenvalue weighted by atomic mass is 32.1. The third kappa shape index (κ3) is 4.19. The normalized spacial score (nSPS) is 17.1. The topological polar surface area (TPSA) is 70.4 Å². The van der Waals surface area contributed by atoms with Gasteiger partial charge in [0.05, 0.1) is 11.6 Å². The molecule has 0 fully saturated rings. The maximum absolute atomic E-state index is 13.1. The first kappa shape index (κ1) is 19.1. The second-order valence-corrected chi connectivity index (χ2v) is 6.96. The Morgan fingerprint density at radius 3 is 2.70 bits per heavy atom. The van der Waals surface area contributed by atoms with Crippen LogP contribution in [0, 0.1) is 6.92 Å². The highest BCUT2D eigenvalue weighted by Crippen LogP contribution is 2.31. The molecule has 0 bridgehead atoms. The van der Waals surface area contributed by atoms with Gasteiger partial charge < -0.3 is 20.1 Å². The number of anilines is 1. The lowest BCUT2D eigenvalue weighted by atomic mass is 9.94. The Morgan fingerprint density at radius 1 is 1.33 bits per heavy atom. The van der Waals surface area contributed by atoms with E-state index in [-0.39, 0.29) is 11.9 Å². The van der Waals surface area contributed by atoms with Crippen molar-refractivity contribution in [1.82, 2.24) is 15.4 Å². The van der Waals surface area contributed by atoms with Gasteiger partial charge in [-0.3, -0.25) is 4.79 Å². The summed E-state index contributed by atoms with van der Waals surface area (Å²) in [5.74, 6) is 0.826. The lowest BCUT2D eigenvalue weighted by molar-refractivity contribution is -0.113. The second-order valence-electron chi connectivity index (χ2n) is 6.57. The number of aryl methyl sites for hydroxylation is 1. The third-order valence-electron chi connectivity index (χ3n) is 4.58. The van der Waals surface area contributed by atoms with Gasteiger partial charge in [0.1, 0.15) is 5.76 Å². The predicted octanol–water partition coefficient (Wildman–Crippen LogP) is 3.93. The summed E-state index contributed by atoms with van der Waals surface area (Å²) < 4.78 is 5.05. The summed E-state index contributed by atoms with van der Waals surface area (Å²) in [5.41, 5.74) is 2.47. The minimum absolute atomic E-state index is 0.217. The lowest BCUT2D eigenvalue weighted by Crippen LogP contribution is -2.48. The minimum Gasteiger partial charge on any atom is -0.360 e. The number of allylic oxidation sites excluding steroid dienone is 1. The molecule has 0 aliphatic carbocycles. The SMILES string of the molecule is CCCCN1C(=S)N[C@H](c2ccccc2)C(C(=O)Nc2cc(C)on2)=C1C. The van der Waals surface area contributed by atoms with Gasteiger partial charge in [-0.05, 0) is 38.0 Å². The summed E-state index contributed by atoms with van der Waals surface area (Å²) in [6.07, 6.45) is 2.04. The van der Waals surface area contributed by atoms with Crippen molar-refractivity contribution in [2.24, 2.45) is 0 Å². The third-order valence-corrected chi connectivity index (χ3v) is 4.92. The van der Waals surface area contributed by atoms with Crippen LogP contribution in [0.3, 0.4) is 0 Å². The highest BCUT2D eigenvalue weighted by Gasteiger charge is 2.33. The van der Waals surface area contributed by atoms with E-state index in [1.165, 1.54) is 0 Å². The molecule has 0 unspecified atom stereocenters. The zero-order chi connectivity index (χ0) is 19.4. The summed E-state index contributed by atoms with van der Waals surface area (Å²) in [5, 5.41) is 10.7. The smallest absolute Gasteiger partial charge is 0.257 e. The van der Waals surface area contributed by atoms with Crippen LogP contribution in [0.25, 0.3) is 0 Å². The molecule has 1 aromatic heterocycles. The molecule has 1 aliphatic heterocycles. The van der Waals surface area contributed by atoms with Crippen LogP contribution in [0.4, 0.5) is 5.82 Å². The summed E-state index contributed by atoms with van der Waals surface area (Å²) in [4.78, 5) is 15.1. The molecule has 2 aromatic rings. The Balaban J connectivity index is 1.98. The first-order chi connectivity index (χ1) is 13.0. The molecule has 27 heavy (non-hydrogen) atoms. The van der Waals surface area contributed by atoms with Gasteiger partial charge in [0.25, 0.3) is 5.91 Å². The molecule has 0 radical (unpaired) electrons. The molecular formula is C20H24N4O2S. The number of nitrogens with zero attached hydrogens (tertiary/aromatic N) is 2. The Bertz CT molecular complexity index is 860. The van der Waals surface area contributed by atoms with Crippen molar-refractivity contribution in [3.05, 3.63) is 59.0 Å². The molecule has 7 heteroatoms. The Morgan fingerprint density at radius 2 is 2.07 bits per heavy atom. The maximum atomic E-state index is 13.1. The number of carbonyl (C=O) groups is 1. The fraction of sp³-hybridized carbons (Fsp3) is 0.350. The largest absolute Gasteiger partial charge is 0.360 e. The van der Waals surface area contributed by atoms with Gasteiger partial charge >= 0.3 is 0 Å². The van der Waals surface area contributed by atoms with Crippen molar-refractivity contribution in [2.75, 3.05) is 11.9 Å². The fourth-order valence-corrected chi connectivity index (χ4v) is 3.51. The van der Waals surface area contributed by atoms with Crippen LogP contribution < -0.4 is 10.6 Å². The van der Waals surface area contributed by atoms with Crippen molar-refractivity contribution in [2.45, 2.75) is 39.7 Å². The molecule has 2 heterocycles. The summed E-state index contributed by atoms with van der Waals surface area (Å²) in [7, 11) is 0. The summed E-state index contributed by atoms with van der Waals surface area (Å²) >= 11 is 5.59. The molecule has 2 N–H and O–H groups in total. The van der Waals surface area contributed by atoms with Crippen LogP contribution in [-0.2, 0) is 4.79 Å². The van der Waals surface area contributed by atoms with E-state index in [1.807, 2.05) is 42.2 Å². The van der Waals surface area contributed by atoms with Gasteiger partial charge in [-0.25, -0.2) is 0 Å². The van der Waals surface area contributed by atoms with Crippen molar-refractivity contribution in [1.29, 1.82) is 0 Å². The van der Waals surface area contributed by atoms with Gasteiger partial charge in [-0.1, -0.05) is 48.8 Å². The van der Waals surface area contributed by atoms with Crippen LogP contribution in [0.5, 0.6) is 0 Å².